The van der Waals surface area contributed by atoms with E-state index in [1.54, 1.807) is 0 Å². The summed E-state index contributed by atoms with van der Waals surface area (Å²) in [6.07, 6.45) is 0. The van der Waals surface area contributed by atoms with Gasteiger partial charge in [-0.05, 0) is 40.3 Å². The van der Waals surface area contributed by atoms with E-state index >= 15 is 0 Å². The first kappa shape index (κ1) is 9.51. The molecule has 0 spiro atoms. The van der Waals surface area contributed by atoms with E-state index in [-0.39, 0.29) is 5.91 Å². The molecule has 12 heavy (non-hydrogen) atoms. The summed E-state index contributed by atoms with van der Waals surface area (Å²) in [7, 11) is 0. The van der Waals surface area contributed by atoms with Crippen LogP contribution in [0, 0.1) is 3.57 Å². The van der Waals surface area contributed by atoms with Gasteiger partial charge in [0.25, 0.3) is 0 Å². The molecular weight excluding hydrogens is 261 g/mol. The van der Waals surface area contributed by atoms with Gasteiger partial charge in [-0.3, -0.25) is 4.79 Å². The van der Waals surface area contributed by atoms with Crippen molar-refractivity contribution in [1.29, 1.82) is 0 Å². The third-order valence-corrected chi connectivity index (χ3v) is 2.17. The zero-order valence-electron chi connectivity index (χ0n) is 6.80. The lowest BCUT2D eigenvalue weighted by atomic mass is 10.2. The summed E-state index contributed by atoms with van der Waals surface area (Å²) in [5.41, 5.74) is 1.13. The molecule has 0 aliphatic carbocycles. The zero-order chi connectivity index (χ0) is 8.97. The largest absolute Gasteiger partial charge is 0.352 e. The van der Waals surface area contributed by atoms with E-state index in [4.69, 9.17) is 0 Å². The summed E-state index contributed by atoms with van der Waals surface area (Å²) < 4.78 is 1.21. The average molecular weight is 271 g/mol. The van der Waals surface area contributed by atoms with Crippen molar-refractivity contribution >= 4 is 28.5 Å². The number of amides is 1. The van der Waals surface area contributed by atoms with Crippen LogP contribution in [-0.2, 0) is 11.3 Å². The number of benzene rings is 1. The van der Waals surface area contributed by atoms with Crippen LogP contribution in [0.15, 0.2) is 24.3 Å². The second-order valence-corrected chi connectivity index (χ2v) is 3.78. The summed E-state index contributed by atoms with van der Waals surface area (Å²) in [5, 5.41) is 2.74. The SMILES string of the molecule is CC(=O)NCc1ccc([123I])cc1. The van der Waals surface area contributed by atoms with Crippen LogP contribution in [-0.4, -0.2) is 5.91 Å². The van der Waals surface area contributed by atoms with Crippen molar-refractivity contribution in [3.8, 4) is 0 Å². The van der Waals surface area contributed by atoms with E-state index < -0.39 is 0 Å². The van der Waals surface area contributed by atoms with Crippen molar-refractivity contribution in [2.45, 2.75) is 13.5 Å². The van der Waals surface area contributed by atoms with E-state index in [1.807, 2.05) is 24.3 Å². The molecule has 0 unspecified atom stereocenters. The molecule has 2 nitrogen and oxygen atoms in total. The van der Waals surface area contributed by atoms with Crippen molar-refractivity contribution in [3.63, 3.8) is 0 Å². The summed E-state index contributed by atoms with van der Waals surface area (Å²) in [4.78, 5) is 10.6. The third kappa shape index (κ3) is 3.21. The number of carbonyl (C=O) groups excluding carboxylic acids is 1. The van der Waals surface area contributed by atoms with Gasteiger partial charge in [0.2, 0.25) is 5.91 Å². The van der Waals surface area contributed by atoms with Gasteiger partial charge in [-0.2, -0.15) is 0 Å². The Morgan fingerprint density at radius 2 is 2.00 bits per heavy atom. The third-order valence-electron chi connectivity index (χ3n) is 1.45. The summed E-state index contributed by atoms with van der Waals surface area (Å²) >= 11 is 2.25. The van der Waals surface area contributed by atoms with Crippen LogP contribution in [0.25, 0.3) is 0 Å². The molecule has 1 aromatic rings. The molecule has 1 N–H and O–H groups in total. The fraction of sp³-hybridized carbons (Fsp3) is 0.222. The molecule has 0 aromatic heterocycles. The van der Waals surface area contributed by atoms with E-state index in [2.05, 4.69) is 27.9 Å². The highest BCUT2D eigenvalue weighted by Gasteiger charge is 1.93. The Labute approximate surface area is 85.5 Å². The van der Waals surface area contributed by atoms with Crippen LogP contribution in [0.1, 0.15) is 12.5 Å². The zero-order valence-corrected chi connectivity index (χ0v) is 8.96. The topological polar surface area (TPSA) is 29.1 Å². The van der Waals surface area contributed by atoms with E-state index in [0.29, 0.717) is 6.54 Å². The maximum absolute atomic E-state index is 10.6. The number of nitrogens with one attached hydrogen (secondary N) is 1. The number of hydrogen-bond acceptors (Lipinski definition) is 1. The van der Waals surface area contributed by atoms with Crippen LogP contribution in [0.5, 0.6) is 0 Å². The molecule has 0 aliphatic rings. The molecule has 1 amide bonds. The standard InChI is InChI=1S/C9H10INO/c1-7(12)11-6-8-2-4-9(10)5-3-8/h2-5H,6H2,1H3,(H,11,12)/i10-4. The Balaban J connectivity index is 2.53. The lowest BCUT2D eigenvalue weighted by Crippen LogP contribution is -2.18. The highest BCUT2D eigenvalue weighted by molar-refractivity contribution is 14.1. The van der Waals surface area contributed by atoms with Crippen molar-refractivity contribution in [2.24, 2.45) is 0 Å². The normalized spacial score (nSPS) is 9.50. The predicted molar refractivity (Wildman–Crippen MR) is 56.7 cm³/mol. The van der Waals surface area contributed by atoms with Crippen molar-refractivity contribution < 1.29 is 4.79 Å². The summed E-state index contributed by atoms with van der Waals surface area (Å²) in [6, 6.07) is 8.07. The van der Waals surface area contributed by atoms with Gasteiger partial charge in [-0.15, -0.1) is 0 Å². The van der Waals surface area contributed by atoms with E-state index in [1.165, 1.54) is 10.5 Å². The first-order chi connectivity index (χ1) is 5.68. The summed E-state index contributed by atoms with van der Waals surface area (Å²) in [6.45, 7) is 2.14. The molecule has 64 valence electrons. The minimum Gasteiger partial charge on any atom is -0.352 e. The average Bonchev–Trinajstić information content (AvgIpc) is 2.03. The first-order valence-electron chi connectivity index (χ1n) is 3.67. The molecule has 0 heterocycles. The van der Waals surface area contributed by atoms with Gasteiger partial charge in [0, 0.05) is 17.0 Å². The van der Waals surface area contributed by atoms with Crippen molar-refractivity contribution in [2.75, 3.05) is 0 Å². The Morgan fingerprint density at radius 3 is 2.50 bits per heavy atom. The minimum absolute atomic E-state index is 0.00792. The molecule has 0 aliphatic heterocycles. The first-order valence-corrected chi connectivity index (χ1v) is 4.75. The van der Waals surface area contributed by atoms with Crippen molar-refractivity contribution in [3.05, 3.63) is 33.4 Å². The van der Waals surface area contributed by atoms with Gasteiger partial charge in [-0.25, -0.2) is 0 Å². The molecule has 3 heteroatoms. The fourth-order valence-electron chi connectivity index (χ4n) is 0.829. The van der Waals surface area contributed by atoms with Gasteiger partial charge >= 0.3 is 0 Å². The Kier molecular flexibility index (Phi) is 3.52. The Bertz CT molecular complexity index is 268. The van der Waals surface area contributed by atoms with E-state index in [0.717, 1.165) is 5.56 Å². The number of hydrogen-bond donors (Lipinski definition) is 1. The molecular formula is C9H10INO. The maximum Gasteiger partial charge on any atom is 0.217 e. The quantitative estimate of drug-likeness (QED) is 0.818. The molecule has 0 saturated carbocycles. The minimum atomic E-state index is 0.00792. The van der Waals surface area contributed by atoms with Crippen LogP contribution < -0.4 is 5.32 Å². The Morgan fingerprint density at radius 1 is 1.42 bits per heavy atom. The van der Waals surface area contributed by atoms with Gasteiger partial charge in [0.15, 0.2) is 0 Å². The van der Waals surface area contributed by atoms with Crippen LogP contribution >= 0.6 is 22.6 Å². The molecule has 0 fully saturated rings. The number of carbonyl (C=O) groups is 1. The lowest BCUT2D eigenvalue weighted by Gasteiger charge is -2.01. The maximum atomic E-state index is 10.6. The van der Waals surface area contributed by atoms with Crippen LogP contribution in [0.2, 0.25) is 0 Å². The molecule has 0 radical (unpaired) electrons. The van der Waals surface area contributed by atoms with Crippen LogP contribution in [0.3, 0.4) is 0 Å². The lowest BCUT2D eigenvalue weighted by molar-refractivity contribution is -0.119. The molecule has 0 saturated heterocycles. The predicted octanol–water partition coefficient (Wildman–Crippen LogP) is 1.93. The highest BCUT2D eigenvalue weighted by Crippen LogP contribution is 2.06. The second-order valence-electron chi connectivity index (χ2n) is 2.54. The van der Waals surface area contributed by atoms with Gasteiger partial charge in [-0.1, -0.05) is 12.1 Å². The van der Waals surface area contributed by atoms with Crippen LogP contribution in [0.4, 0.5) is 0 Å². The number of rotatable bonds is 2. The van der Waals surface area contributed by atoms with Gasteiger partial charge in [0.1, 0.15) is 0 Å². The molecule has 1 aromatic carbocycles. The number of halogens is 1. The molecule has 0 atom stereocenters. The monoisotopic (exact) mass is 271 g/mol. The molecule has 1 rings (SSSR count). The fourth-order valence-corrected chi connectivity index (χ4v) is 1.19. The smallest absolute Gasteiger partial charge is 0.217 e. The van der Waals surface area contributed by atoms with Gasteiger partial charge < -0.3 is 5.32 Å². The Hall–Kier alpha value is -0.580. The van der Waals surface area contributed by atoms with Crippen molar-refractivity contribution in [1.82, 2.24) is 5.32 Å². The van der Waals surface area contributed by atoms with E-state index in [9.17, 15) is 4.79 Å². The van der Waals surface area contributed by atoms with Gasteiger partial charge in [0.05, 0.1) is 0 Å². The molecule has 0 bridgehead atoms. The highest BCUT2D eigenvalue weighted by atomic mass is 123. The second kappa shape index (κ2) is 4.45. The summed E-state index contributed by atoms with van der Waals surface area (Å²) in [5.74, 6) is 0.00792.